The van der Waals surface area contributed by atoms with Gasteiger partial charge in [0.15, 0.2) is 0 Å². The molecule has 0 spiro atoms. The van der Waals surface area contributed by atoms with E-state index in [0.717, 1.165) is 12.0 Å². The van der Waals surface area contributed by atoms with E-state index in [-0.39, 0.29) is 17.9 Å². The van der Waals surface area contributed by atoms with Crippen LogP contribution in [0.5, 0.6) is 5.75 Å². The van der Waals surface area contributed by atoms with Crippen LogP contribution < -0.4 is 10.1 Å². The van der Waals surface area contributed by atoms with Crippen molar-refractivity contribution in [2.45, 2.75) is 20.0 Å². The van der Waals surface area contributed by atoms with Crippen molar-refractivity contribution in [3.63, 3.8) is 0 Å². The van der Waals surface area contributed by atoms with Crippen LogP contribution in [0.1, 0.15) is 23.6 Å². The first-order valence-corrected chi connectivity index (χ1v) is 9.97. The van der Waals surface area contributed by atoms with E-state index < -0.39 is 10.8 Å². The van der Waals surface area contributed by atoms with E-state index in [9.17, 15) is 20.2 Å². The van der Waals surface area contributed by atoms with Crippen molar-refractivity contribution in [3.05, 3.63) is 105 Å². The summed E-state index contributed by atoms with van der Waals surface area (Å²) < 4.78 is 5.68. The monoisotopic (exact) mass is 427 g/mol. The molecule has 0 saturated heterocycles. The number of nitriles is 1. The lowest BCUT2D eigenvalue weighted by Gasteiger charge is -2.09. The molecule has 0 fully saturated rings. The van der Waals surface area contributed by atoms with Crippen LogP contribution in [0.3, 0.4) is 0 Å². The number of nitro benzene ring substituents is 1. The lowest BCUT2D eigenvalue weighted by Crippen LogP contribution is -2.14. The fourth-order valence-electron chi connectivity index (χ4n) is 3.04. The quantitative estimate of drug-likeness (QED) is 0.228. The minimum atomic E-state index is -0.473. The van der Waals surface area contributed by atoms with E-state index in [0.29, 0.717) is 22.6 Å². The molecule has 3 rings (SSSR count). The van der Waals surface area contributed by atoms with Crippen LogP contribution in [0.15, 0.2) is 78.4 Å². The van der Waals surface area contributed by atoms with E-state index >= 15 is 0 Å². The fourth-order valence-corrected chi connectivity index (χ4v) is 3.04. The summed E-state index contributed by atoms with van der Waals surface area (Å²) in [6.45, 7) is 2.17. The molecule has 0 bridgehead atoms. The number of carbonyl (C=O) groups excluding carboxylic acids is 1. The lowest BCUT2D eigenvalue weighted by molar-refractivity contribution is -0.384. The van der Waals surface area contributed by atoms with Crippen molar-refractivity contribution >= 4 is 23.4 Å². The van der Waals surface area contributed by atoms with Crippen molar-refractivity contribution in [3.8, 4) is 11.8 Å². The number of nitrogens with zero attached hydrogens (tertiary/aromatic N) is 2. The van der Waals surface area contributed by atoms with Gasteiger partial charge in [0.05, 0.1) is 4.92 Å². The van der Waals surface area contributed by atoms with Crippen molar-refractivity contribution in [2.24, 2.45) is 0 Å². The molecule has 7 heteroatoms. The Hall–Kier alpha value is -4.44. The molecule has 0 aliphatic heterocycles. The molecule has 7 nitrogen and oxygen atoms in total. The molecule has 0 atom stereocenters. The number of non-ortho nitro benzene ring substituents is 1. The third-order valence-corrected chi connectivity index (χ3v) is 4.73. The van der Waals surface area contributed by atoms with Crippen molar-refractivity contribution in [2.75, 3.05) is 5.32 Å². The second-order valence-electron chi connectivity index (χ2n) is 6.92. The smallest absolute Gasteiger partial charge is 0.269 e. The van der Waals surface area contributed by atoms with Gasteiger partial charge in [-0.25, -0.2) is 0 Å². The number of benzene rings is 3. The number of nitro groups is 1. The third-order valence-electron chi connectivity index (χ3n) is 4.73. The average Bonchev–Trinajstić information content (AvgIpc) is 2.82. The van der Waals surface area contributed by atoms with Gasteiger partial charge in [-0.2, -0.15) is 5.26 Å². The fraction of sp³-hybridized carbons (Fsp3) is 0.120. The van der Waals surface area contributed by atoms with E-state index in [1.54, 1.807) is 42.5 Å². The van der Waals surface area contributed by atoms with Crippen LogP contribution in [-0.4, -0.2) is 10.8 Å². The van der Waals surface area contributed by atoms with Gasteiger partial charge in [-0.3, -0.25) is 14.9 Å². The Kier molecular flexibility index (Phi) is 7.33. The van der Waals surface area contributed by atoms with E-state index in [1.807, 2.05) is 31.2 Å². The van der Waals surface area contributed by atoms with Crippen molar-refractivity contribution in [1.29, 1.82) is 5.26 Å². The first-order valence-electron chi connectivity index (χ1n) is 9.97. The molecule has 1 amide bonds. The SMILES string of the molecule is CCc1ccccc1NC(=O)/C(C#N)=C/c1ccc(OCc2cccc([N+](=O)[O-])c2)cc1. The highest BCUT2D eigenvalue weighted by atomic mass is 16.6. The summed E-state index contributed by atoms with van der Waals surface area (Å²) in [6, 6.07) is 22.5. The summed E-state index contributed by atoms with van der Waals surface area (Å²) in [5, 5.41) is 23.1. The normalized spacial score (nSPS) is 10.8. The van der Waals surface area contributed by atoms with Crippen LogP contribution in [0.4, 0.5) is 11.4 Å². The maximum absolute atomic E-state index is 12.5. The minimum absolute atomic E-state index is 0.00968. The average molecular weight is 427 g/mol. The summed E-state index contributed by atoms with van der Waals surface area (Å²) in [5.41, 5.74) is 3.02. The second-order valence-corrected chi connectivity index (χ2v) is 6.92. The Labute approximate surface area is 185 Å². The number of hydrogen-bond donors (Lipinski definition) is 1. The molecule has 0 aliphatic carbocycles. The molecular formula is C25H21N3O4. The number of aryl methyl sites for hydroxylation is 1. The van der Waals surface area contributed by atoms with Crippen LogP contribution in [0.25, 0.3) is 6.08 Å². The number of amides is 1. The number of carbonyl (C=O) groups is 1. The van der Waals surface area contributed by atoms with Crippen LogP contribution in [0.2, 0.25) is 0 Å². The van der Waals surface area contributed by atoms with Gasteiger partial charge in [-0.1, -0.05) is 49.4 Å². The van der Waals surface area contributed by atoms with Crippen LogP contribution >= 0.6 is 0 Å². The number of rotatable bonds is 8. The van der Waals surface area contributed by atoms with Gasteiger partial charge in [0.25, 0.3) is 11.6 Å². The molecule has 0 aromatic heterocycles. The lowest BCUT2D eigenvalue weighted by atomic mass is 10.1. The zero-order chi connectivity index (χ0) is 22.9. The topological polar surface area (TPSA) is 105 Å². The summed E-state index contributed by atoms with van der Waals surface area (Å²) in [7, 11) is 0. The van der Waals surface area contributed by atoms with Gasteiger partial charge < -0.3 is 10.1 Å². The number of para-hydroxylation sites is 1. The highest BCUT2D eigenvalue weighted by Gasteiger charge is 2.11. The van der Waals surface area contributed by atoms with Gasteiger partial charge in [-0.05, 0) is 47.4 Å². The number of ether oxygens (including phenoxy) is 1. The maximum Gasteiger partial charge on any atom is 0.269 e. The van der Waals surface area contributed by atoms with Gasteiger partial charge in [0.1, 0.15) is 24.0 Å². The first kappa shape index (κ1) is 22.2. The Morgan fingerprint density at radius 3 is 2.56 bits per heavy atom. The summed E-state index contributed by atoms with van der Waals surface area (Å²) in [4.78, 5) is 23.0. The van der Waals surface area contributed by atoms with Gasteiger partial charge >= 0.3 is 0 Å². The van der Waals surface area contributed by atoms with Crippen molar-refractivity contribution in [1.82, 2.24) is 0 Å². The van der Waals surface area contributed by atoms with Crippen molar-refractivity contribution < 1.29 is 14.5 Å². The molecule has 0 heterocycles. The van der Waals surface area contributed by atoms with Gasteiger partial charge in [-0.15, -0.1) is 0 Å². The Bertz CT molecular complexity index is 1190. The van der Waals surface area contributed by atoms with E-state index in [1.165, 1.54) is 18.2 Å². The molecule has 0 unspecified atom stereocenters. The molecule has 32 heavy (non-hydrogen) atoms. The third kappa shape index (κ3) is 5.80. The van der Waals surface area contributed by atoms with Crippen LogP contribution in [-0.2, 0) is 17.8 Å². The molecule has 160 valence electrons. The maximum atomic E-state index is 12.5. The molecule has 0 aliphatic rings. The Balaban J connectivity index is 1.66. The first-order chi connectivity index (χ1) is 15.5. The highest BCUT2D eigenvalue weighted by molar-refractivity contribution is 6.09. The number of hydrogen-bond acceptors (Lipinski definition) is 5. The molecule has 0 saturated carbocycles. The molecule has 3 aromatic rings. The minimum Gasteiger partial charge on any atom is -0.489 e. The molecular weight excluding hydrogens is 406 g/mol. The standard InChI is InChI=1S/C25H21N3O4/c1-2-20-7-3-4-9-24(20)27-25(29)21(16-26)14-18-10-12-23(13-11-18)32-17-19-6-5-8-22(15-19)28(30)31/h3-15H,2,17H2,1H3,(H,27,29)/b21-14+. The summed E-state index contributed by atoms with van der Waals surface area (Å²) >= 11 is 0. The zero-order valence-corrected chi connectivity index (χ0v) is 17.4. The summed E-state index contributed by atoms with van der Waals surface area (Å²) in [5.74, 6) is 0.0906. The van der Waals surface area contributed by atoms with Gasteiger partial charge in [0.2, 0.25) is 0 Å². The second kappa shape index (κ2) is 10.5. The predicted molar refractivity (Wildman–Crippen MR) is 122 cm³/mol. The summed E-state index contributed by atoms with van der Waals surface area (Å²) in [6.07, 6.45) is 2.27. The number of nitrogens with one attached hydrogen (secondary N) is 1. The Morgan fingerprint density at radius 1 is 1.12 bits per heavy atom. The molecule has 0 radical (unpaired) electrons. The largest absolute Gasteiger partial charge is 0.489 e. The predicted octanol–water partition coefficient (Wildman–Crippen LogP) is 5.28. The van der Waals surface area contributed by atoms with Gasteiger partial charge in [0, 0.05) is 17.8 Å². The molecule has 1 N–H and O–H groups in total. The molecule has 3 aromatic carbocycles. The zero-order valence-electron chi connectivity index (χ0n) is 17.4. The Morgan fingerprint density at radius 2 is 1.88 bits per heavy atom. The van der Waals surface area contributed by atoms with Crippen LogP contribution in [0, 0.1) is 21.4 Å². The highest BCUT2D eigenvalue weighted by Crippen LogP contribution is 2.20. The number of anilines is 1. The van der Waals surface area contributed by atoms with E-state index in [2.05, 4.69) is 5.32 Å². The van der Waals surface area contributed by atoms with E-state index in [4.69, 9.17) is 4.74 Å².